The molecular formula is C15H18N4O3. The summed E-state index contributed by atoms with van der Waals surface area (Å²) in [4.78, 5) is 27.9. The van der Waals surface area contributed by atoms with Gasteiger partial charge in [-0.3, -0.25) is 14.0 Å². The molecule has 0 aromatic carbocycles. The van der Waals surface area contributed by atoms with E-state index in [2.05, 4.69) is 15.6 Å². The van der Waals surface area contributed by atoms with E-state index >= 15 is 0 Å². The zero-order chi connectivity index (χ0) is 15.9. The van der Waals surface area contributed by atoms with Crippen LogP contribution >= 0.6 is 0 Å². The van der Waals surface area contributed by atoms with Crippen LogP contribution in [0, 0.1) is 13.8 Å². The molecule has 22 heavy (non-hydrogen) atoms. The topological polar surface area (TPSA) is 95.7 Å². The molecule has 0 aliphatic carbocycles. The smallest absolute Gasteiger partial charge is 0.320 e. The zero-order valence-corrected chi connectivity index (χ0v) is 12.5. The van der Waals surface area contributed by atoms with Crippen molar-refractivity contribution in [3.05, 3.63) is 35.3 Å². The molecule has 2 aromatic heterocycles. The van der Waals surface area contributed by atoms with Crippen LogP contribution in [0.4, 0.5) is 0 Å². The van der Waals surface area contributed by atoms with E-state index in [0.29, 0.717) is 24.4 Å². The van der Waals surface area contributed by atoms with E-state index in [4.69, 9.17) is 5.11 Å². The summed E-state index contributed by atoms with van der Waals surface area (Å²) < 4.78 is 1.77. The van der Waals surface area contributed by atoms with Gasteiger partial charge in [0.1, 0.15) is 17.4 Å². The maximum Gasteiger partial charge on any atom is 0.320 e. The van der Waals surface area contributed by atoms with Crippen molar-refractivity contribution >= 4 is 17.5 Å². The first-order valence-electron chi connectivity index (χ1n) is 7.18. The Morgan fingerprint density at radius 2 is 2.18 bits per heavy atom. The van der Waals surface area contributed by atoms with Gasteiger partial charge in [-0.05, 0) is 31.9 Å². The highest BCUT2D eigenvalue weighted by molar-refractivity contribution is 5.95. The summed E-state index contributed by atoms with van der Waals surface area (Å²) in [5.74, 6) is -1.12. The van der Waals surface area contributed by atoms with Crippen LogP contribution in [-0.2, 0) is 4.79 Å². The third kappa shape index (κ3) is 2.55. The minimum atomic E-state index is -0.890. The number of amides is 1. The predicted octanol–water partition coefficient (Wildman–Crippen LogP) is 0.496. The van der Waals surface area contributed by atoms with Gasteiger partial charge in [-0.15, -0.1) is 0 Å². The average Bonchev–Trinajstić information content (AvgIpc) is 3.02. The quantitative estimate of drug-likeness (QED) is 0.767. The van der Waals surface area contributed by atoms with Crippen molar-refractivity contribution in [1.82, 2.24) is 20.0 Å². The van der Waals surface area contributed by atoms with Crippen LogP contribution in [-0.4, -0.2) is 45.0 Å². The largest absolute Gasteiger partial charge is 0.480 e. The molecule has 1 saturated heterocycles. The highest BCUT2D eigenvalue weighted by atomic mass is 16.4. The summed E-state index contributed by atoms with van der Waals surface area (Å²) >= 11 is 0. The van der Waals surface area contributed by atoms with Gasteiger partial charge in [-0.1, -0.05) is 6.07 Å². The minimum absolute atomic E-state index is 0.191. The molecule has 3 rings (SSSR count). The van der Waals surface area contributed by atoms with Gasteiger partial charge in [0, 0.05) is 18.8 Å². The van der Waals surface area contributed by atoms with E-state index in [-0.39, 0.29) is 11.9 Å². The Hall–Kier alpha value is -2.41. The van der Waals surface area contributed by atoms with Crippen LogP contribution in [0.3, 0.4) is 0 Å². The summed E-state index contributed by atoms with van der Waals surface area (Å²) in [7, 11) is 0. The number of rotatable bonds is 3. The monoisotopic (exact) mass is 302 g/mol. The highest BCUT2D eigenvalue weighted by Gasteiger charge is 2.31. The van der Waals surface area contributed by atoms with Crippen LogP contribution in [0.2, 0.25) is 0 Å². The van der Waals surface area contributed by atoms with Gasteiger partial charge in [0.2, 0.25) is 0 Å². The number of aliphatic carboxylic acids is 1. The lowest BCUT2D eigenvalue weighted by molar-refractivity contribution is -0.139. The van der Waals surface area contributed by atoms with Crippen molar-refractivity contribution < 1.29 is 14.7 Å². The van der Waals surface area contributed by atoms with Crippen LogP contribution in [0.1, 0.15) is 28.2 Å². The maximum absolute atomic E-state index is 12.5. The fourth-order valence-corrected chi connectivity index (χ4v) is 2.83. The van der Waals surface area contributed by atoms with Gasteiger partial charge in [0.05, 0.1) is 5.69 Å². The number of aryl methyl sites for hydroxylation is 2. The summed E-state index contributed by atoms with van der Waals surface area (Å²) in [6, 6.07) is 3.03. The van der Waals surface area contributed by atoms with Gasteiger partial charge in [0.15, 0.2) is 0 Å². The van der Waals surface area contributed by atoms with Gasteiger partial charge >= 0.3 is 5.97 Å². The highest BCUT2D eigenvalue weighted by Crippen LogP contribution is 2.15. The summed E-state index contributed by atoms with van der Waals surface area (Å²) in [5, 5.41) is 14.7. The van der Waals surface area contributed by atoms with E-state index in [0.717, 1.165) is 11.2 Å². The molecular weight excluding hydrogens is 284 g/mol. The first kappa shape index (κ1) is 14.5. The van der Waals surface area contributed by atoms with Gasteiger partial charge in [0.25, 0.3) is 5.91 Å². The molecule has 1 aliphatic rings. The standard InChI is InChI=1S/C15H18N4O3/c1-8-3-4-12-17-9(2)13(19(12)7-8)14(20)18-10-5-11(15(21)22)16-6-10/h3-4,7,10-11,16H,5-6H2,1-2H3,(H,18,20)(H,21,22)/t10-,11+/m1/s1. The van der Waals surface area contributed by atoms with Crippen molar-refractivity contribution in [2.45, 2.75) is 32.4 Å². The average molecular weight is 302 g/mol. The summed E-state index contributed by atoms with van der Waals surface area (Å²) in [5.41, 5.74) is 2.91. The second kappa shape index (κ2) is 5.42. The van der Waals surface area contributed by atoms with Gasteiger partial charge in [-0.25, -0.2) is 4.98 Å². The molecule has 0 bridgehead atoms. The molecule has 2 atom stereocenters. The number of nitrogens with zero attached hydrogens (tertiary/aromatic N) is 2. The van der Waals surface area contributed by atoms with Crippen LogP contribution in [0.25, 0.3) is 5.65 Å². The predicted molar refractivity (Wildman–Crippen MR) is 80.0 cm³/mol. The van der Waals surface area contributed by atoms with E-state index in [1.807, 2.05) is 25.3 Å². The number of hydrogen-bond donors (Lipinski definition) is 3. The Labute approximate surface area is 127 Å². The second-order valence-electron chi connectivity index (χ2n) is 5.69. The lowest BCUT2D eigenvalue weighted by Gasteiger charge is -2.12. The number of nitrogens with one attached hydrogen (secondary N) is 2. The summed E-state index contributed by atoms with van der Waals surface area (Å²) in [6.07, 6.45) is 2.26. The van der Waals surface area contributed by atoms with Gasteiger partial charge < -0.3 is 15.7 Å². The number of carboxylic acids is 1. The minimum Gasteiger partial charge on any atom is -0.480 e. The van der Waals surface area contributed by atoms with Crippen molar-refractivity contribution in [3.63, 3.8) is 0 Å². The Morgan fingerprint density at radius 1 is 1.41 bits per heavy atom. The van der Waals surface area contributed by atoms with Crippen molar-refractivity contribution in [2.24, 2.45) is 0 Å². The Kier molecular flexibility index (Phi) is 3.58. The number of aromatic nitrogens is 2. The molecule has 0 unspecified atom stereocenters. The summed E-state index contributed by atoms with van der Waals surface area (Å²) in [6.45, 7) is 4.20. The first-order valence-corrected chi connectivity index (χ1v) is 7.18. The van der Waals surface area contributed by atoms with E-state index in [9.17, 15) is 9.59 Å². The number of fused-ring (bicyclic) bond motifs is 1. The number of carbonyl (C=O) groups excluding carboxylic acids is 1. The lowest BCUT2D eigenvalue weighted by atomic mass is 10.1. The third-order valence-electron chi connectivity index (χ3n) is 3.92. The molecule has 7 nitrogen and oxygen atoms in total. The van der Waals surface area contributed by atoms with Gasteiger partial charge in [-0.2, -0.15) is 0 Å². The van der Waals surface area contributed by atoms with Crippen LogP contribution in [0.15, 0.2) is 18.3 Å². The second-order valence-corrected chi connectivity index (χ2v) is 5.69. The Bertz CT molecular complexity index is 753. The Morgan fingerprint density at radius 3 is 2.86 bits per heavy atom. The lowest BCUT2D eigenvalue weighted by Crippen LogP contribution is -2.37. The maximum atomic E-state index is 12.5. The van der Waals surface area contributed by atoms with Crippen LogP contribution < -0.4 is 10.6 Å². The SMILES string of the molecule is Cc1ccc2nc(C)c(C(=O)N[C@H]3CN[C@H](C(=O)O)C3)n2c1. The first-order chi connectivity index (χ1) is 10.5. The fourth-order valence-electron chi connectivity index (χ4n) is 2.83. The normalized spacial score (nSPS) is 21.2. The molecule has 7 heteroatoms. The Balaban J connectivity index is 1.82. The fraction of sp³-hybridized carbons (Fsp3) is 0.400. The van der Waals surface area contributed by atoms with Crippen LogP contribution in [0.5, 0.6) is 0 Å². The number of carbonyl (C=O) groups is 2. The molecule has 0 saturated carbocycles. The van der Waals surface area contributed by atoms with Crippen molar-refractivity contribution in [1.29, 1.82) is 0 Å². The molecule has 3 heterocycles. The molecule has 1 amide bonds. The molecule has 1 aliphatic heterocycles. The molecule has 3 N–H and O–H groups in total. The number of hydrogen-bond acceptors (Lipinski definition) is 4. The van der Waals surface area contributed by atoms with E-state index in [1.54, 1.807) is 11.3 Å². The number of imidazole rings is 1. The number of pyridine rings is 1. The molecule has 2 aromatic rings. The number of carboxylic acid groups (broad SMARTS) is 1. The molecule has 0 spiro atoms. The van der Waals surface area contributed by atoms with E-state index in [1.165, 1.54) is 0 Å². The molecule has 1 fully saturated rings. The van der Waals surface area contributed by atoms with E-state index < -0.39 is 12.0 Å². The molecule has 116 valence electrons. The molecule has 0 radical (unpaired) electrons. The zero-order valence-electron chi connectivity index (χ0n) is 12.5. The van der Waals surface area contributed by atoms with Crippen molar-refractivity contribution in [3.8, 4) is 0 Å². The third-order valence-corrected chi connectivity index (χ3v) is 3.92. The van der Waals surface area contributed by atoms with Crippen molar-refractivity contribution in [2.75, 3.05) is 6.54 Å².